The summed E-state index contributed by atoms with van der Waals surface area (Å²) in [6, 6.07) is 5.79. The van der Waals surface area contributed by atoms with E-state index in [4.69, 9.17) is 5.73 Å². The van der Waals surface area contributed by atoms with Crippen molar-refractivity contribution in [2.45, 2.75) is 32.7 Å². The largest absolute Gasteiger partial charge is 0.398 e. The Balaban J connectivity index is 2.16. The van der Waals surface area contributed by atoms with Gasteiger partial charge in [0.15, 0.2) is 0 Å². The monoisotopic (exact) mass is 289 g/mol. The number of amides is 1. The van der Waals surface area contributed by atoms with Gasteiger partial charge in [-0.1, -0.05) is 19.4 Å². The number of rotatable bonds is 5. The lowest BCUT2D eigenvalue weighted by Gasteiger charge is -2.17. The van der Waals surface area contributed by atoms with Crippen molar-refractivity contribution in [3.63, 3.8) is 0 Å². The summed E-state index contributed by atoms with van der Waals surface area (Å²) in [6.45, 7) is 3.96. The van der Waals surface area contributed by atoms with Gasteiger partial charge in [0.05, 0.1) is 11.6 Å². The van der Waals surface area contributed by atoms with Crippen molar-refractivity contribution >= 4 is 22.9 Å². The highest BCUT2D eigenvalue weighted by molar-refractivity contribution is 7.10. The first-order valence-corrected chi connectivity index (χ1v) is 7.56. The van der Waals surface area contributed by atoms with Crippen LogP contribution in [-0.2, 0) is 0 Å². The molecule has 0 fully saturated rings. The molecule has 2 heterocycles. The molecule has 2 aromatic heterocycles. The first-order chi connectivity index (χ1) is 9.61. The molecule has 4 nitrogen and oxygen atoms in total. The van der Waals surface area contributed by atoms with E-state index in [0.717, 1.165) is 18.5 Å². The fraction of sp³-hybridized carbons (Fsp3) is 0.333. The standard InChI is InChI=1S/C15H19N3OS/c1-3-5-13(14-6-4-7-20-14)18-15(19)11-9-17-10(2)8-12(11)16/h4,6-9,13H,3,5H2,1-2H3,(H2,16,17)(H,18,19). The summed E-state index contributed by atoms with van der Waals surface area (Å²) in [5.41, 5.74) is 7.61. The van der Waals surface area contributed by atoms with Crippen LogP contribution < -0.4 is 11.1 Å². The Bertz CT molecular complexity index is 581. The van der Waals surface area contributed by atoms with Gasteiger partial charge in [-0.2, -0.15) is 0 Å². The van der Waals surface area contributed by atoms with Gasteiger partial charge in [-0.15, -0.1) is 11.3 Å². The van der Waals surface area contributed by atoms with Crippen molar-refractivity contribution in [3.05, 3.63) is 45.9 Å². The van der Waals surface area contributed by atoms with Crippen LogP contribution in [-0.4, -0.2) is 10.9 Å². The van der Waals surface area contributed by atoms with E-state index in [0.29, 0.717) is 11.3 Å². The SMILES string of the molecule is CCCC(NC(=O)c1cnc(C)cc1N)c1cccs1. The minimum atomic E-state index is -0.165. The quantitative estimate of drug-likeness (QED) is 0.887. The second-order valence-electron chi connectivity index (χ2n) is 4.74. The first-order valence-electron chi connectivity index (χ1n) is 6.68. The highest BCUT2D eigenvalue weighted by Gasteiger charge is 2.17. The van der Waals surface area contributed by atoms with E-state index in [9.17, 15) is 4.79 Å². The molecule has 1 amide bonds. The summed E-state index contributed by atoms with van der Waals surface area (Å²) < 4.78 is 0. The van der Waals surface area contributed by atoms with E-state index in [1.54, 1.807) is 17.4 Å². The maximum Gasteiger partial charge on any atom is 0.255 e. The number of hydrogen-bond donors (Lipinski definition) is 2. The van der Waals surface area contributed by atoms with Crippen molar-refractivity contribution in [2.75, 3.05) is 5.73 Å². The molecule has 1 atom stereocenters. The molecule has 0 aliphatic carbocycles. The van der Waals surface area contributed by atoms with Gasteiger partial charge in [-0.05, 0) is 30.9 Å². The molecular weight excluding hydrogens is 270 g/mol. The Morgan fingerprint density at radius 3 is 2.95 bits per heavy atom. The average Bonchev–Trinajstić information content (AvgIpc) is 2.91. The molecule has 5 heteroatoms. The van der Waals surface area contributed by atoms with Crippen LogP contribution in [0.15, 0.2) is 29.8 Å². The Kier molecular flexibility index (Phi) is 4.74. The van der Waals surface area contributed by atoms with Crippen molar-refractivity contribution in [1.82, 2.24) is 10.3 Å². The van der Waals surface area contributed by atoms with Crippen LogP contribution in [0.4, 0.5) is 5.69 Å². The Morgan fingerprint density at radius 2 is 2.35 bits per heavy atom. The molecule has 20 heavy (non-hydrogen) atoms. The van der Waals surface area contributed by atoms with Crippen LogP contribution in [0.3, 0.4) is 0 Å². The van der Waals surface area contributed by atoms with Crippen LogP contribution >= 0.6 is 11.3 Å². The third-order valence-electron chi connectivity index (χ3n) is 3.09. The Morgan fingerprint density at radius 1 is 1.55 bits per heavy atom. The molecule has 1 unspecified atom stereocenters. The van der Waals surface area contributed by atoms with E-state index < -0.39 is 0 Å². The van der Waals surface area contributed by atoms with Crippen LogP contribution in [0.1, 0.15) is 46.7 Å². The molecule has 2 rings (SSSR count). The maximum absolute atomic E-state index is 12.3. The van der Waals surface area contributed by atoms with Gasteiger partial charge in [0, 0.05) is 22.5 Å². The molecule has 0 radical (unpaired) electrons. The van der Waals surface area contributed by atoms with E-state index in [1.165, 1.54) is 11.1 Å². The van der Waals surface area contributed by atoms with Gasteiger partial charge in [-0.25, -0.2) is 0 Å². The normalized spacial score (nSPS) is 12.1. The molecule has 0 saturated carbocycles. The number of carbonyl (C=O) groups excluding carboxylic acids is 1. The lowest BCUT2D eigenvalue weighted by molar-refractivity contribution is 0.0936. The number of nitrogens with one attached hydrogen (secondary N) is 1. The van der Waals surface area contributed by atoms with Gasteiger partial charge in [0.1, 0.15) is 0 Å². The van der Waals surface area contributed by atoms with Gasteiger partial charge < -0.3 is 11.1 Å². The first kappa shape index (κ1) is 14.5. The molecule has 0 spiro atoms. The minimum absolute atomic E-state index is 0.0354. The van der Waals surface area contributed by atoms with Crippen LogP contribution in [0.5, 0.6) is 0 Å². The number of aromatic nitrogens is 1. The topological polar surface area (TPSA) is 68.0 Å². The summed E-state index contributed by atoms with van der Waals surface area (Å²) >= 11 is 1.65. The van der Waals surface area contributed by atoms with Gasteiger partial charge in [0.2, 0.25) is 0 Å². The highest BCUT2D eigenvalue weighted by Crippen LogP contribution is 2.24. The van der Waals surface area contributed by atoms with Gasteiger partial charge >= 0.3 is 0 Å². The molecule has 106 valence electrons. The molecule has 0 aliphatic heterocycles. The number of aryl methyl sites for hydroxylation is 1. The summed E-state index contributed by atoms with van der Waals surface area (Å²) in [4.78, 5) is 17.6. The van der Waals surface area contributed by atoms with E-state index in [-0.39, 0.29) is 11.9 Å². The molecule has 0 aromatic carbocycles. The average molecular weight is 289 g/mol. The van der Waals surface area contributed by atoms with Crippen molar-refractivity contribution in [3.8, 4) is 0 Å². The number of nitrogens with zero attached hydrogens (tertiary/aromatic N) is 1. The van der Waals surface area contributed by atoms with Crippen molar-refractivity contribution in [1.29, 1.82) is 0 Å². The zero-order valence-corrected chi connectivity index (χ0v) is 12.5. The van der Waals surface area contributed by atoms with Crippen LogP contribution in [0.2, 0.25) is 0 Å². The molecular formula is C15H19N3OS. The third-order valence-corrected chi connectivity index (χ3v) is 4.07. The van der Waals surface area contributed by atoms with E-state index in [1.807, 2.05) is 24.4 Å². The second kappa shape index (κ2) is 6.52. The lowest BCUT2D eigenvalue weighted by atomic mass is 10.1. The number of hydrogen-bond acceptors (Lipinski definition) is 4. The Labute approximate surface area is 123 Å². The van der Waals surface area contributed by atoms with E-state index >= 15 is 0 Å². The fourth-order valence-electron chi connectivity index (χ4n) is 2.07. The fourth-order valence-corrected chi connectivity index (χ4v) is 2.88. The molecule has 0 aliphatic rings. The predicted octanol–water partition coefficient (Wildman–Crippen LogP) is 3.30. The predicted molar refractivity (Wildman–Crippen MR) is 82.8 cm³/mol. The summed E-state index contributed by atoms with van der Waals surface area (Å²) in [5, 5.41) is 5.07. The number of nitrogens with two attached hydrogens (primary N) is 1. The van der Waals surface area contributed by atoms with Crippen molar-refractivity contribution < 1.29 is 4.79 Å². The summed E-state index contributed by atoms with van der Waals surface area (Å²) in [6.07, 6.45) is 3.45. The Hall–Kier alpha value is -1.88. The second-order valence-corrected chi connectivity index (χ2v) is 5.72. The number of carbonyl (C=O) groups is 1. The van der Waals surface area contributed by atoms with E-state index in [2.05, 4.69) is 17.2 Å². The summed E-state index contributed by atoms with van der Waals surface area (Å²) in [7, 11) is 0. The number of anilines is 1. The molecule has 2 aromatic rings. The number of nitrogen functional groups attached to an aromatic ring is 1. The highest BCUT2D eigenvalue weighted by atomic mass is 32.1. The van der Waals surface area contributed by atoms with Crippen molar-refractivity contribution in [2.24, 2.45) is 0 Å². The van der Waals surface area contributed by atoms with Crippen LogP contribution in [0, 0.1) is 6.92 Å². The number of thiophene rings is 1. The molecule has 3 N–H and O–H groups in total. The van der Waals surface area contributed by atoms with Gasteiger partial charge in [0.25, 0.3) is 5.91 Å². The zero-order chi connectivity index (χ0) is 14.5. The minimum Gasteiger partial charge on any atom is -0.398 e. The maximum atomic E-state index is 12.3. The van der Waals surface area contributed by atoms with Crippen LogP contribution in [0.25, 0.3) is 0 Å². The van der Waals surface area contributed by atoms with Gasteiger partial charge in [-0.3, -0.25) is 9.78 Å². The number of pyridine rings is 1. The smallest absolute Gasteiger partial charge is 0.255 e. The molecule has 0 saturated heterocycles. The third kappa shape index (κ3) is 3.36. The zero-order valence-electron chi connectivity index (χ0n) is 11.7. The lowest BCUT2D eigenvalue weighted by Crippen LogP contribution is -2.28. The summed E-state index contributed by atoms with van der Waals surface area (Å²) in [5.74, 6) is -0.165. The molecule has 0 bridgehead atoms.